The van der Waals surface area contributed by atoms with E-state index >= 15 is 0 Å². The van der Waals surface area contributed by atoms with Crippen LogP contribution in [0, 0.1) is 13.8 Å². The van der Waals surface area contributed by atoms with Gasteiger partial charge in [0.15, 0.2) is 11.5 Å². The van der Waals surface area contributed by atoms with Crippen molar-refractivity contribution in [2.75, 3.05) is 6.61 Å². The first-order chi connectivity index (χ1) is 9.70. The van der Waals surface area contributed by atoms with E-state index in [0.29, 0.717) is 13.0 Å². The Morgan fingerprint density at radius 2 is 1.75 bits per heavy atom. The van der Waals surface area contributed by atoms with Crippen LogP contribution >= 0.6 is 0 Å². The highest BCUT2D eigenvalue weighted by atomic mass is 16.5. The van der Waals surface area contributed by atoms with Gasteiger partial charge in [-0.1, -0.05) is 23.8 Å². The van der Waals surface area contributed by atoms with Crippen LogP contribution in [0.3, 0.4) is 0 Å². The molecule has 3 rings (SSSR count). The van der Waals surface area contributed by atoms with Crippen LogP contribution in [0.2, 0.25) is 0 Å². The van der Waals surface area contributed by atoms with Crippen molar-refractivity contribution in [3.05, 3.63) is 59.5 Å². The molecule has 0 fully saturated rings. The number of aryl methyl sites for hydroxylation is 2. The van der Waals surface area contributed by atoms with Crippen LogP contribution < -0.4 is 4.74 Å². The Kier molecular flexibility index (Phi) is 3.37. The van der Waals surface area contributed by atoms with Crippen molar-refractivity contribution >= 4 is 5.65 Å². The Morgan fingerprint density at radius 3 is 2.55 bits per heavy atom. The summed E-state index contributed by atoms with van der Waals surface area (Å²) in [5.74, 6) is 1.69. The number of hydrogen-bond donors (Lipinski definition) is 0. The number of aromatic nitrogens is 3. The lowest BCUT2D eigenvalue weighted by Crippen LogP contribution is -2.03. The molecule has 4 heteroatoms. The van der Waals surface area contributed by atoms with E-state index < -0.39 is 0 Å². The van der Waals surface area contributed by atoms with Gasteiger partial charge in [0, 0.05) is 12.6 Å². The molecule has 0 N–H and O–H groups in total. The minimum atomic E-state index is 0.582. The molecule has 0 saturated heterocycles. The molecule has 0 radical (unpaired) electrons. The van der Waals surface area contributed by atoms with Gasteiger partial charge in [0.2, 0.25) is 0 Å². The molecular formula is C16H17N3O. The van der Waals surface area contributed by atoms with E-state index in [1.165, 1.54) is 11.1 Å². The fourth-order valence-electron chi connectivity index (χ4n) is 2.03. The van der Waals surface area contributed by atoms with E-state index in [1.54, 1.807) is 0 Å². The fourth-order valence-corrected chi connectivity index (χ4v) is 2.03. The van der Waals surface area contributed by atoms with Crippen molar-refractivity contribution in [1.29, 1.82) is 0 Å². The third kappa shape index (κ3) is 2.79. The molecule has 1 aromatic carbocycles. The molecule has 2 heterocycles. The lowest BCUT2D eigenvalue weighted by molar-refractivity contribution is 0.319. The van der Waals surface area contributed by atoms with Gasteiger partial charge in [-0.25, -0.2) is 9.50 Å². The monoisotopic (exact) mass is 267 g/mol. The smallest absolute Gasteiger partial charge is 0.155 e. The topological polar surface area (TPSA) is 39.4 Å². The second-order valence-corrected chi connectivity index (χ2v) is 4.95. The van der Waals surface area contributed by atoms with Gasteiger partial charge in [0.05, 0.1) is 6.61 Å². The molecule has 0 saturated carbocycles. The fraction of sp³-hybridized carbons (Fsp3) is 0.250. The summed E-state index contributed by atoms with van der Waals surface area (Å²) in [6.45, 7) is 4.69. The molecule has 0 aliphatic carbocycles. The lowest BCUT2D eigenvalue weighted by Gasteiger charge is -2.04. The Hall–Kier alpha value is -2.36. The predicted octanol–water partition coefficient (Wildman–Crippen LogP) is 2.97. The van der Waals surface area contributed by atoms with Crippen molar-refractivity contribution in [3.63, 3.8) is 0 Å². The summed E-state index contributed by atoms with van der Waals surface area (Å²) in [5, 5.41) is 4.44. The van der Waals surface area contributed by atoms with Gasteiger partial charge in [-0.15, -0.1) is 0 Å². The molecule has 102 valence electrons. The van der Waals surface area contributed by atoms with E-state index in [4.69, 9.17) is 4.74 Å². The number of rotatable bonds is 4. The summed E-state index contributed by atoms with van der Waals surface area (Å²) < 4.78 is 7.51. The summed E-state index contributed by atoms with van der Waals surface area (Å²) in [4.78, 5) is 4.47. The molecule has 0 amide bonds. The van der Waals surface area contributed by atoms with Gasteiger partial charge in [0.25, 0.3) is 0 Å². The molecule has 0 spiro atoms. The largest absolute Gasteiger partial charge is 0.493 e. The molecule has 0 bridgehead atoms. The minimum Gasteiger partial charge on any atom is -0.493 e. The molecule has 0 atom stereocenters. The van der Waals surface area contributed by atoms with Crippen molar-refractivity contribution in [2.45, 2.75) is 20.3 Å². The summed E-state index contributed by atoms with van der Waals surface area (Å²) in [5.41, 5.74) is 3.28. The van der Waals surface area contributed by atoms with Crippen LogP contribution in [-0.4, -0.2) is 21.2 Å². The number of hydrogen-bond acceptors (Lipinski definition) is 3. The molecule has 0 aliphatic heterocycles. The van der Waals surface area contributed by atoms with Crippen LogP contribution in [-0.2, 0) is 6.42 Å². The van der Waals surface area contributed by atoms with E-state index in [9.17, 15) is 0 Å². The average Bonchev–Trinajstić information content (AvgIpc) is 2.83. The lowest BCUT2D eigenvalue weighted by atomic mass is 10.2. The maximum atomic E-state index is 5.70. The number of pyridine rings is 1. The van der Waals surface area contributed by atoms with Gasteiger partial charge < -0.3 is 4.74 Å². The zero-order valence-electron chi connectivity index (χ0n) is 11.7. The second-order valence-electron chi connectivity index (χ2n) is 4.95. The van der Waals surface area contributed by atoms with Crippen LogP contribution in [0.25, 0.3) is 5.65 Å². The van der Waals surface area contributed by atoms with Gasteiger partial charge in [-0.05, 0) is 37.6 Å². The van der Waals surface area contributed by atoms with Crippen LogP contribution in [0.4, 0.5) is 0 Å². The average molecular weight is 267 g/mol. The molecule has 4 nitrogen and oxygen atoms in total. The van der Waals surface area contributed by atoms with Crippen molar-refractivity contribution < 1.29 is 4.74 Å². The Labute approximate surface area is 118 Å². The second kappa shape index (κ2) is 5.33. The number of ether oxygens (including phenoxy) is 1. The summed E-state index contributed by atoms with van der Waals surface area (Å²) in [6.07, 6.45) is 2.68. The molecule has 2 aromatic heterocycles. The molecule has 3 aromatic rings. The summed E-state index contributed by atoms with van der Waals surface area (Å²) in [6, 6.07) is 12.1. The summed E-state index contributed by atoms with van der Waals surface area (Å²) >= 11 is 0. The highest BCUT2D eigenvalue weighted by Crippen LogP contribution is 2.12. The molecule has 20 heavy (non-hydrogen) atoms. The van der Waals surface area contributed by atoms with Gasteiger partial charge in [-0.2, -0.15) is 5.10 Å². The van der Waals surface area contributed by atoms with E-state index in [0.717, 1.165) is 17.2 Å². The zero-order valence-corrected chi connectivity index (χ0v) is 11.7. The van der Waals surface area contributed by atoms with Gasteiger partial charge >= 0.3 is 0 Å². The van der Waals surface area contributed by atoms with E-state index in [1.807, 2.05) is 54.0 Å². The maximum Gasteiger partial charge on any atom is 0.155 e. The maximum absolute atomic E-state index is 5.70. The molecule has 0 unspecified atom stereocenters. The Balaban J connectivity index is 1.63. The van der Waals surface area contributed by atoms with Gasteiger partial charge in [-0.3, -0.25) is 0 Å². The van der Waals surface area contributed by atoms with Gasteiger partial charge in [0.1, 0.15) is 5.75 Å². The molecular weight excluding hydrogens is 250 g/mol. The van der Waals surface area contributed by atoms with Crippen LogP contribution in [0.1, 0.15) is 17.0 Å². The first kappa shape index (κ1) is 12.7. The van der Waals surface area contributed by atoms with Crippen molar-refractivity contribution in [2.24, 2.45) is 0 Å². The van der Waals surface area contributed by atoms with Crippen molar-refractivity contribution in [1.82, 2.24) is 14.6 Å². The van der Waals surface area contributed by atoms with E-state index in [2.05, 4.69) is 17.0 Å². The first-order valence-corrected chi connectivity index (χ1v) is 6.72. The zero-order chi connectivity index (χ0) is 13.9. The molecule has 0 aliphatic rings. The standard InChI is InChI=1S/C16H17N3O/c1-12-3-6-14(7-4-12)20-10-9-15-17-16-8-5-13(2)11-19(16)18-15/h3-8,11H,9-10H2,1-2H3. The normalized spacial score (nSPS) is 10.9. The quantitative estimate of drug-likeness (QED) is 0.729. The SMILES string of the molecule is Cc1ccc(OCCc2nc3ccc(C)cn3n2)cc1. The predicted molar refractivity (Wildman–Crippen MR) is 78.1 cm³/mol. The van der Waals surface area contributed by atoms with Crippen LogP contribution in [0.5, 0.6) is 5.75 Å². The van der Waals surface area contributed by atoms with Crippen molar-refractivity contribution in [3.8, 4) is 5.75 Å². The van der Waals surface area contributed by atoms with E-state index in [-0.39, 0.29) is 0 Å². The Morgan fingerprint density at radius 1 is 1.00 bits per heavy atom. The number of fused-ring (bicyclic) bond motifs is 1. The Bertz CT molecular complexity index is 716. The first-order valence-electron chi connectivity index (χ1n) is 6.72. The summed E-state index contributed by atoms with van der Waals surface area (Å²) in [7, 11) is 0. The highest BCUT2D eigenvalue weighted by Gasteiger charge is 2.04. The van der Waals surface area contributed by atoms with Crippen LogP contribution in [0.15, 0.2) is 42.6 Å². The third-order valence-corrected chi connectivity index (χ3v) is 3.14. The highest BCUT2D eigenvalue weighted by molar-refractivity contribution is 5.38. The third-order valence-electron chi connectivity index (χ3n) is 3.14. The number of benzene rings is 1. The minimum absolute atomic E-state index is 0.582. The number of nitrogens with zero attached hydrogens (tertiary/aromatic N) is 3.